The molecule has 0 heterocycles. The molecule has 0 saturated heterocycles. The van der Waals surface area contributed by atoms with Gasteiger partial charge in [0, 0.05) is 6.04 Å². The van der Waals surface area contributed by atoms with Crippen molar-refractivity contribution in [2.75, 3.05) is 27.7 Å². The van der Waals surface area contributed by atoms with Gasteiger partial charge in [-0.2, -0.15) is 0 Å². The summed E-state index contributed by atoms with van der Waals surface area (Å²) in [4.78, 5) is 2.23. The quantitative estimate of drug-likeness (QED) is 0.877. The molecule has 0 saturated carbocycles. The van der Waals surface area contributed by atoms with Crippen LogP contribution in [0.4, 0.5) is 0 Å². The normalized spacial score (nSPS) is 14.6. The lowest BCUT2D eigenvalue weighted by Gasteiger charge is -2.31. The van der Waals surface area contributed by atoms with E-state index in [1.165, 1.54) is 5.56 Å². The summed E-state index contributed by atoms with van der Waals surface area (Å²) in [7, 11) is 5.88. The van der Waals surface area contributed by atoms with E-state index >= 15 is 0 Å². The van der Waals surface area contributed by atoms with E-state index in [-0.39, 0.29) is 0 Å². The van der Waals surface area contributed by atoms with Gasteiger partial charge in [-0.15, -0.1) is 0 Å². The van der Waals surface area contributed by atoms with Crippen LogP contribution in [0.3, 0.4) is 0 Å². The van der Waals surface area contributed by atoms with E-state index in [0.717, 1.165) is 16.6 Å². The van der Waals surface area contributed by atoms with Gasteiger partial charge in [-0.25, -0.2) is 0 Å². The number of ether oxygens (including phenoxy) is 1. The molecule has 0 amide bonds. The number of methoxy groups -OCH3 is 1. The van der Waals surface area contributed by atoms with Gasteiger partial charge in [-0.3, -0.25) is 0 Å². The third kappa shape index (κ3) is 3.46. The standard InChI is InChI=1S/C14H23BrN2O/c1-5-10(9-16)14(17(2)3)11-6-7-13(18-4)12(15)8-11/h6-8,10,14H,5,9,16H2,1-4H3. The van der Waals surface area contributed by atoms with Crippen LogP contribution >= 0.6 is 15.9 Å². The lowest BCUT2D eigenvalue weighted by Crippen LogP contribution is -2.31. The maximum atomic E-state index is 5.89. The summed E-state index contributed by atoms with van der Waals surface area (Å²) in [5.74, 6) is 1.32. The Labute approximate surface area is 118 Å². The molecule has 1 aromatic rings. The van der Waals surface area contributed by atoms with E-state index in [2.05, 4.69) is 54.0 Å². The predicted molar refractivity (Wildman–Crippen MR) is 80.0 cm³/mol. The first kappa shape index (κ1) is 15.5. The molecule has 3 nitrogen and oxygen atoms in total. The summed E-state index contributed by atoms with van der Waals surface area (Å²) < 4.78 is 6.26. The molecule has 2 unspecified atom stereocenters. The van der Waals surface area contributed by atoms with Crippen LogP contribution in [-0.4, -0.2) is 32.6 Å². The highest BCUT2D eigenvalue weighted by Crippen LogP contribution is 2.33. The Morgan fingerprint density at radius 3 is 2.44 bits per heavy atom. The second kappa shape index (κ2) is 7.12. The molecular formula is C14H23BrN2O. The number of halogens is 1. The molecule has 1 rings (SSSR count). The number of rotatable bonds is 6. The average Bonchev–Trinajstić information content (AvgIpc) is 2.35. The topological polar surface area (TPSA) is 38.5 Å². The Bertz CT molecular complexity index is 378. The van der Waals surface area contributed by atoms with Crippen molar-refractivity contribution in [3.05, 3.63) is 28.2 Å². The smallest absolute Gasteiger partial charge is 0.133 e. The summed E-state index contributed by atoms with van der Waals surface area (Å²) in [5.41, 5.74) is 7.16. The first-order valence-electron chi connectivity index (χ1n) is 6.25. The Balaban J connectivity index is 3.10. The van der Waals surface area contributed by atoms with Crippen molar-refractivity contribution < 1.29 is 4.74 Å². The van der Waals surface area contributed by atoms with Gasteiger partial charge in [0.1, 0.15) is 5.75 Å². The van der Waals surface area contributed by atoms with Crippen LogP contribution < -0.4 is 10.5 Å². The molecule has 2 atom stereocenters. The lowest BCUT2D eigenvalue weighted by molar-refractivity contribution is 0.210. The summed E-state index contributed by atoms with van der Waals surface area (Å²) in [6, 6.07) is 6.58. The largest absolute Gasteiger partial charge is 0.496 e. The minimum absolute atomic E-state index is 0.335. The van der Waals surface area contributed by atoms with Gasteiger partial charge in [0.05, 0.1) is 11.6 Å². The molecule has 0 bridgehead atoms. The molecule has 1 aromatic carbocycles. The molecule has 0 spiro atoms. The predicted octanol–water partition coefficient (Wildman–Crippen LogP) is 3.05. The van der Waals surface area contributed by atoms with Gasteiger partial charge in [-0.05, 0) is 60.2 Å². The fourth-order valence-corrected chi connectivity index (χ4v) is 2.94. The Morgan fingerprint density at radius 1 is 1.39 bits per heavy atom. The molecule has 18 heavy (non-hydrogen) atoms. The van der Waals surface area contributed by atoms with Crippen LogP contribution in [0.15, 0.2) is 22.7 Å². The van der Waals surface area contributed by atoms with E-state index in [1.807, 2.05) is 6.07 Å². The Hall–Kier alpha value is -0.580. The highest BCUT2D eigenvalue weighted by Gasteiger charge is 2.23. The second-order valence-electron chi connectivity index (χ2n) is 4.71. The van der Waals surface area contributed by atoms with Crippen molar-refractivity contribution in [2.45, 2.75) is 19.4 Å². The lowest BCUT2D eigenvalue weighted by atomic mass is 9.90. The fourth-order valence-electron chi connectivity index (χ4n) is 2.38. The summed E-state index contributed by atoms with van der Waals surface area (Å²) in [5, 5.41) is 0. The SMILES string of the molecule is CCC(CN)C(c1ccc(OC)c(Br)c1)N(C)C. The maximum Gasteiger partial charge on any atom is 0.133 e. The fraction of sp³-hybridized carbons (Fsp3) is 0.571. The van der Waals surface area contributed by atoms with Gasteiger partial charge in [0.15, 0.2) is 0 Å². The summed E-state index contributed by atoms with van der Waals surface area (Å²) >= 11 is 3.54. The van der Waals surface area contributed by atoms with Gasteiger partial charge in [-0.1, -0.05) is 19.4 Å². The molecule has 0 aromatic heterocycles. The molecular weight excluding hydrogens is 292 g/mol. The zero-order chi connectivity index (χ0) is 13.7. The Morgan fingerprint density at radius 2 is 2.06 bits per heavy atom. The second-order valence-corrected chi connectivity index (χ2v) is 5.56. The molecule has 0 fully saturated rings. The number of benzene rings is 1. The van der Waals surface area contributed by atoms with Crippen molar-refractivity contribution >= 4 is 15.9 Å². The monoisotopic (exact) mass is 314 g/mol. The first-order chi connectivity index (χ1) is 8.54. The van der Waals surface area contributed by atoms with Crippen molar-refractivity contribution in [1.29, 1.82) is 0 Å². The maximum absolute atomic E-state index is 5.89. The third-order valence-corrected chi connectivity index (χ3v) is 3.97. The highest BCUT2D eigenvalue weighted by molar-refractivity contribution is 9.10. The number of hydrogen-bond acceptors (Lipinski definition) is 3. The molecule has 102 valence electrons. The van der Waals surface area contributed by atoms with Crippen molar-refractivity contribution in [3.8, 4) is 5.75 Å². The zero-order valence-electron chi connectivity index (χ0n) is 11.6. The molecule has 2 N–H and O–H groups in total. The Kier molecular flexibility index (Phi) is 6.12. The van der Waals surface area contributed by atoms with E-state index < -0.39 is 0 Å². The van der Waals surface area contributed by atoms with Crippen LogP contribution in [0.5, 0.6) is 5.75 Å². The minimum atomic E-state index is 0.335. The number of hydrogen-bond donors (Lipinski definition) is 1. The van der Waals surface area contributed by atoms with Gasteiger partial charge < -0.3 is 15.4 Å². The third-order valence-electron chi connectivity index (χ3n) is 3.35. The van der Waals surface area contributed by atoms with E-state index in [4.69, 9.17) is 10.5 Å². The van der Waals surface area contributed by atoms with Crippen LogP contribution in [0.25, 0.3) is 0 Å². The van der Waals surface area contributed by atoms with Crippen LogP contribution in [-0.2, 0) is 0 Å². The van der Waals surface area contributed by atoms with Gasteiger partial charge in [0.2, 0.25) is 0 Å². The van der Waals surface area contributed by atoms with Gasteiger partial charge >= 0.3 is 0 Å². The van der Waals surface area contributed by atoms with E-state index in [1.54, 1.807) is 7.11 Å². The van der Waals surface area contributed by atoms with Crippen molar-refractivity contribution in [1.82, 2.24) is 4.90 Å². The highest BCUT2D eigenvalue weighted by atomic mass is 79.9. The average molecular weight is 315 g/mol. The molecule has 4 heteroatoms. The van der Waals surface area contributed by atoms with Crippen LogP contribution in [0, 0.1) is 5.92 Å². The minimum Gasteiger partial charge on any atom is -0.496 e. The van der Waals surface area contributed by atoms with Crippen LogP contribution in [0.1, 0.15) is 24.9 Å². The van der Waals surface area contributed by atoms with Crippen molar-refractivity contribution in [3.63, 3.8) is 0 Å². The van der Waals surface area contributed by atoms with Crippen LogP contribution in [0.2, 0.25) is 0 Å². The zero-order valence-corrected chi connectivity index (χ0v) is 13.2. The van der Waals surface area contributed by atoms with E-state index in [9.17, 15) is 0 Å². The summed E-state index contributed by atoms with van der Waals surface area (Å²) in [6.45, 7) is 2.88. The van der Waals surface area contributed by atoms with E-state index in [0.29, 0.717) is 18.5 Å². The number of nitrogens with zero attached hydrogens (tertiary/aromatic N) is 1. The molecule has 0 aliphatic heterocycles. The molecule has 0 aliphatic carbocycles. The van der Waals surface area contributed by atoms with Gasteiger partial charge in [0.25, 0.3) is 0 Å². The first-order valence-corrected chi connectivity index (χ1v) is 7.04. The molecule has 0 aliphatic rings. The van der Waals surface area contributed by atoms with Crippen molar-refractivity contribution in [2.24, 2.45) is 11.7 Å². The number of nitrogens with two attached hydrogens (primary N) is 1. The summed E-state index contributed by atoms with van der Waals surface area (Å²) in [6.07, 6.45) is 1.07. The molecule has 0 radical (unpaired) electrons.